The molecule has 0 fully saturated rings. The van der Waals surface area contributed by atoms with Gasteiger partial charge in [0.1, 0.15) is 17.7 Å². The van der Waals surface area contributed by atoms with Gasteiger partial charge < -0.3 is 10.8 Å². The maximum absolute atomic E-state index is 13.4. The number of hydrogen-bond acceptors (Lipinski definition) is 4. The molecule has 0 radical (unpaired) electrons. The zero-order chi connectivity index (χ0) is 16.2. The molecule has 0 aromatic heterocycles. The number of halogens is 2. The molecule has 0 aliphatic carbocycles. The number of sulfonamides is 1. The minimum Gasteiger partial charge on any atom is -0.480 e. The van der Waals surface area contributed by atoms with E-state index in [1.165, 1.54) is 0 Å². The van der Waals surface area contributed by atoms with E-state index in [1.54, 1.807) is 4.72 Å². The van der Waals surface area contributed by atoms with Crippen LogP contribution in [-0.4, -0.2) is 31.4 Å². The zero-order valence-electron chi connectivity index (χ0n) is 10.5. The van der Waals surface area contributed by atoms with Crippen LogP contribution in [0.2, 0.25) is 0 Å². The highest BCUT2D eigenvalue weighted by Gasteiger charge is 2.30. The number of rotatable bonds is 7. The van der Waals surface area contributed by atoms with Gasteiger partial charge >= 0.3 is 5.97 Å². The molecule has 1 rings (SSSR count). The predicted molar refractivity (Wildman–Crippen MR) is 66.5 cm³/mol. The molecule has 0 aliphatic rings. The smallest absolute Gasteiger partial charge is 0.321 e. The highest BCUT2D eigenvalue weighted by molar-refractivity contribution is 7.89. The summed E-state index contributed by atoms with van der Waals surface area (Å²) in [5, 5.41) is 8.87. The molecule has 0 bridgehead atoms. The number of hydrogen-bond donors (Lipinski definition) is 3. The van der Waals surface area contributed by atoms with Crippen LogP contribution in [0.1, 0.15) is 12.8 Å². The molecule has 0 unspecified atom stereocenters. The van der Waals surface area contributed by atoms with Gasteiger partial charge in [0.2, 0.25) is 15.9 Å². The molecule has 116 valence electrons. The van der Waals surface area contributed by atoms with Crippen molar-refractivity contribution in [3.8, 4) is 0 Å². The second-order valence-corrected chi connectivity index (χ2v) is 5.72. The van der Waals surface area contributed by atoms with Crippen molar-refractivity contribution in [2.24, 2.45) is 5.73 Å². The van der Waals surface area contributed by atoms with Crippen LogP contribution in [0.5, 0.6) is 0 Å². The summed E-state index contributed by atoms with van der Waals surface area (Å²) in [6.45, 7) is 0. The summed E-state index contributed by atoms with van der Waals surface area (Å²) in [6, 6.07) is 0.667. The van der Waals surface area contributed by atoms with Crippen LogP contribution in [0.25, 0.3) is 0 Å². The van der Waals surface area contributed by atoms with Crippen LogP contribution in [0.15, 0.2) is 23.1 Å². The minimum atomic E-state index is -4.75. The van der Waals surface area contributed by atoms with Crippen LogP contribution in [0.4, 0.5) is 8.78 Å². The van der Waals surface area contributed by atoms with E-state index in [1.807, 2.05) is 0 Å². The number of nitrogens with one attached hydrogen (secondary N) is 1. The molecule has 0 heterocycles. The van der Waals surface area contributed by atoms with Crippen molar-refractivity contribution < 1.29 is 31.9 Å². The highest BCUT2D eigenvalue weighted by atomic mass is 32.2. The standard InChI is InChI=1S/C11H12F2N2O5S/c12-6-2-1-3-7(13)10(6)21(19,20)15-8(11(17)18)4-5-9(14)16/h1-3,8,15H,4-5H2,(H2,14,16)(H,17,18)/t8-/m0/s1. The van der Waals surface area contributed by atoms with Gasteiger partial charge in [-0.1, -0.05) is 6.07 Å². The Labute approximate surface area is 118 Å². The lowest BCUT2D eigenvalue weighted by molar-refractivity contribution is -0.139. The monoisotopic (exact) mass is 322 g/mol. The molecular weight excluding hydrogens is 310 g/mol. The van der Waals surface area contributed by atoms with Crippen molar-refractivity contribution >= 4 is 21.9 Å². The molecular formula is C11H12F2N2O5S. The van der Waals surface area contributed by atoms with E-state index in [2.05, 4.69) is 0 Å². The fourth-order valence-corrected chi connectivity index (χ4v) is 2.87. The molecule has 0 spiro atoms. The predicted octanol–water partition coefficient (Wildman–Crippen LogP) is -0.0382. The zero-order valence-corrected chi connectivity index (χ0v) is 11.4. The lowest BCUT2D eigenvalue weighted by atomic mass is 10.2. The fraction of sp³-hybridized carbons (Fsp3) is 0.273. The molecule has 21 heavy (non-hydrogen) atoms. The Morgan fingerprint density at radius 1 is 1.29 bits per heavy atom. The summed E-state index contributed by atoms with van der Waals surface area (Å²) in [7, 11) is -4.75. The first kappa shape index (κ1) is 17.0. The van der Waals surface area contributed by atoms with Gasteiger partial charge in [-0.05, 0) is 18.6 Å². The van der Waals surface area contributed by atoms with Crippen molar-refractivity contribution in [1.82, 2.24) is 4.72 Å². The number of aliphatic carboxylic acids is 1. The molecule has 7 nitrogen and oxygen atoms in total. The number of benzene rings is 1. The van der Waals surface area contributed by atoms with Crippen molar-refractivity contribution in [3.05, 3.63) is 29.8 Å². The molecule has 0 aliphatic heterocycles. The van der Waals surface area contributed by atoms with Crippen LogP contribution in [0, 0.1) is 11.6 Å². The molecule has 1 amide bonds. The van der Waals surface area contributed by atoms with Gasteiger partial charge in [0.15, 0.2) is 4.90 Å². The van der Waals surface area contributed by atoms with Gasteiger partial charge in [0.05, 0.1) is 0 Å². The van der Waals surface area contributed by atoms with Crippen molar-refractivity contribution in [3.63, 3.8) is 0 Å². The lowest BCUT2D eigenvalue weighted by Gasteiger charge is -2.14. The summed E-state index contributed by atoms with van der Waals surface area (Å²) in [5.41, 5.74) is 4.83. The maximum Gasteiger partial charge on any atom is 0.321 e. The van der Waals surface area contributed by atoms with E-state index >= 15 is 0 Å². The Morgan fingerprint density at radius 3 is 2.24 bits per heavy atom. The van der Waals surface area contributed by atoms with Gasteiger partial charge in [-0.3, -0.25) is 9.59 Å². The topological polar surface area (TPSA) is 127 Å². The number of carboxylic acid groups (broad SMARTS) is 1. The number of primary amides is 1. The minimum absolute atomic E-state index is 0.404. The molecule has 4 N–H and O–H groups in total. The van der Waals surface area contributed by atoms with Crippen molar-refractivity contribution in [2.45, 2.75) is 23.8 Å². The van der Waals surface area contributed by atoms with Crippen molar-refractivity contribution in [2.75, 3.05) is 0 Å². The number of nitrogens with two attached hydrogens (primary N) is 1. The Hall–Kier alpha value is -2.07. The number of amides is 1. The van der Waals surface area contributed by atoms with Crippen LogP contribution in [-0.2, 0) is 19.6 Å². The van der Waals surface area contributed by atoms with E-state index in [0.717, 1.165) is 18.2 Å². The average molecular weight is 322 g/mol. The number of carbonyl (C=O) groups is 2. The Kier molecular flexibility index (Phi) is 5.33. The Morgan fingerprint density at radius 2 is 1.81 bits per heavy atom. The summed E-state index contributed by atoms with van der Waals surface area (Å²) >= 11 is 0. The van der Waals surface area contributed by atoms with Gasteiger partial charge in [-0.25, -0.2) is 17.2 Å². The van der Waals surface area contributed by atoms with E-state index in [0.29, 0.717) is 0 Å². The second kappa shape index (κ2) is 6.59. The van der Waals surface area contributed by atoms with Crippen molar-refractivity contribution in [1.29, 1.82) is 0 Å². The summed E-state index contributed by atoms with van der Waals surface area (Å²) in [5.74, 6) is -5.16. The first-order chi connectivity index (χ1) is 9.65. The number of carbonyl (C=O) groups excluding carboxylic acids is 1. The molecule has 10 heteroatoms. The summed E-state index contributed by atoms with van der Waals surface area (Å²) < 4.78 is 52.2. The molecule has 0 saturated carbocycles. The maximum atomic E-state index is 13.4. The lowest BCUT2D eigenvalue weighted by Crippen LogP contribution is -2.41. The molecule has 1 aromatic carbocycles. The molecule has 0 saturated heterocycles. The van der Waals surface area contributed by atoms with Crippen LogP contribution >= 0.6 is 0 Å². The quantitative estimate of drug-likeness (QED) is 0.649. The van der Waals surface area contributed by atoms with E-state index in [9.17, 15) is 26.8 Å². The average Bonchev–Trinajstić information content (AvgIpc) is 2.33. The van der Waals surface area contributed by atoms with E-state index < -0.39 is 57.3 Å². The van der Waals surface area contributed by atoms with Crippen LogP contribution < -0.4 is 10.5 Å². The SMILES string of the molecule is NC(=O)CC[C@H](NS(=O)(=O)c1c(F)cccc1F)C(=O)O. The molecule has 1 atom stereocenters. The van der Waals surface area contributed by atoms with Crippen LogP contribution in [0.3, 0.4) is 0 Å². The van der Waals surface area contributed by atoms with Gasteiger partial charge in [-0.2, -0.15) is 4.72 Å². The first-order valence-corrected chi connectivity index (χ1v) is 7.11. The van der Waals surface area contributed by atoms with E-state index in [4.69, 9.17) is 10.8 Å². The van der Waals surface area contributed by atoms with E-state index in [-0.39, 0.29) is 0 Å². The number of carboxylic acids is 1. The second-order valence-electron chi connectivity index (χ2n) is 4.07. The molecule has 1 aromatic rings. The highest BCUT2D eigenvalue weighted by Crippen LogP contribution is 2.18. The summed E-state index contributed by atoms with van der Waals surface area (Å²) in [6.07, 6.45) is -0.848. The van der Waals surface area contributed by atoms with Gasteiger partial charge in [0.25, 0.3) is 0 Å². The fourth-order valence-electron chi connectivity index (χ4n) is 1.50. The van der Waals surface area contributed by atoms with Gasteiger partial charge in [0, 0.05) is 6.42 Å². The first-order valence-electron chi connectivity index (χ1n) is 5.62. The Balaban J connectivity index is 3.07. The Bertz CT molecular complexity index is 642. The third-order valence-corrected chi connectivity index (χ3v) is 3.98. The normalized spacial score (nSPS) is 12.9. The third-order valence-electron chi connectivity index (χ3n) is 2.46. The largest absolute Gasteiger partial charge is 0.480 e. The third kappa shape index (κ3) is 4.46. The summed E-state index contributed by atoms with van der Waals surface area (Å²) in [4.78, 5) is 20.2. The van der Waals surface area contributed by atoms with Gasteiger partial charge in [-0.15, -0.1) is 0 Å².